The Balaban J connectivity index is 1.57. The van der Waals surface area contributed by atoms with Gasteiger partial charge in [-0.1, -0.05) is 23.2 Å². The number of hydrogen-bond donors (Lipinski definition) is 4. The Morgan fingerprint density at radius 2 is 2.20 bits per heavy atom. The lowest BCUT2D eigenvalue weighted by Gasteiger charge is -2.28. The smallest absolute Gasteiger partial charge is 0.270 e. The average molecular weight is 455 g/mol. The monoisotopic (exact) mass is 454 g/mol. The van der Waals surface area contributed by atoms with E-state index in [2.05, 4.69) is 30.8 Å². The van der Waals surface area contributed by atoms with Crippen LogP contribution in [0.5, 0.6) is 0 Å². The minimum atomic E-state index is -0.618. The van der Waals surface area contributed by atoms with Crippen molar-refractivity contribution in [3.8, 4) is 0 Å². The molecule has 4 N–H and O–H groups in total. The van der Waals surface area contributed by atoms with E-state index in [0.29, 0.717) is 36.4 Å². The van der Waals surface area contributed by atoms with Crippen LogP contribution in [0.1, 0.15) is 22.5 Å². The summed E-state index contributed by atoms with van der Waals surface area (Å²) in [5.41, 5.74) is 0.713. The minimum absolute atomic E-state index is 0.0543. The highest BCUT2D eigenvalue weighted by molar-refractivity contribution is 6.42. The number of carbonyl (C=O) groups excluding carboxylic acids is 1. The molecule has 9 nitrogen and oxygen atoms in total. The molecule has 3 heterocycles. The summed E-state index contributed by atoms with van der Waals surface area (Å²) in [6.07, 6.45) is 1.17. The van der Waals surface area contributed by atoms with Gasteiger partial charge in [-0.25, -0.2) is 14.4 Å². The molecule has 1 amide bonds. The fourth-order valence-electron chi connectivity index (χ4n) is 3.17. The summed E-state index contributed by atoms with van der Waals surface area (Å²) in [7, 11) is 0. The predicted octanol–water partition coefficient (Wildman–Crippen LogP) is 2.29. The lowest BCUT2D eigenvalue weighted by atomic mass is 10.1. The third-order valence-electron chi connectivity index (χ3n) is 4.73. The third kappa shape index (κ3) is 4.17. The number of aromatic nitrogens is 4. The molecule has 2 atom stereocenters. The number of nitrogens with one attached hydrogen (secondary N) is 3. The number of benzene rings is 1. The summed E-state index contributed by atoms with van der Waals surface area (Å²) in [6, 6.07) is 1.90. The Morgan fingerprint density at radius 3 is 3.00 bits per heavy atom. The van der Waals surface area contributed by atoms with Crippen LogP contribution >= 0.6 is 23.2 Å². The van der Waals surface area contributed by atoms with Crippen LogP contribution in [-0.2, 0) is 11.3 Å². The number of carbonyl (C=O) groups is 1. The van der Waals surface area contributed by atoms with Crippen molar-refractivity contribution in [2.24, 2.45) is 0 Å². The number of anilines is 1. The highest BCUT2D eigenvalue weighted by Gasteiger charge is 2.26. The zero-order valence-electron chi connectivity index (χ0n) is 15.5. The number of rotatable bonds is 5. The van der Waals surface area contributed by atoms with Gasteiger partial charge in [-0.3, -0.25) is 9.89 Å². The molecule has 2 aromatic heterocycles. The molecule has 0 aliphatic carbocycles. The zero-order valence-corrected chi connectivity index (χ0v) is 17.0. The van der Waals surface area contributed by atoms with Crippen molar-refractivity contribution >= 4 is 46.0 Å². The van der Waals surface area contributed by atoms with Crippen molar-refractivity contribution in [3.63, 3.8) is 0 Å². The number of nitrogens with zero attached hydrogens (tertiary/aromatic N) is 3. The van der Waals surface area contributed by atoms with Gasteiger partial charge in [0.05, 0.1) is 34.2 Å². The summed E-state index contributed by atoms with van der Waals surface area (Å²) in [5.74, 6) is -0.749. The average Bonchev–Trinajstić information content (AvgIpc) is 3.16. The molecule has 1 saturated heterocycles. The van der Waals surface area contributed by atoms with E-state index in [1.165, 1.54) is 12.4 Å². The van der Waals surface area contributed by atoms with Gasteiger partial charge >= 0.3 is 0 Å². The van der Waals surface area contributed by atoms with Gasteiger partial charge in [0, 0.05) is 13.2 Å². The van der Waals surface area contributed by atoms with Gasteiger partial charge in [0.25, 0.3) is 5.91 Å². The lowest BCUT2D eigenvalue weighted by molar-refractivity contribution is 0.00308. The van der Waals surface area contributed by atoms with Crippen molar-refractivity contribution in [2.45, 2.75) is 25.1 Å². The summed E-state index contributed by atoms with van der Waals surface area (Å²) in [5, 5.41) is 23.2. The van der Waals surface area contributed by atoms with Gasteiger partial charge < -0.3 is 20.5 Å². The summed E-state index contributed by atoms with van der Waals surface area (Å²) in [4.78, 5) is 21.0. The number of halogens is 3. The maximum atomic E-state index is 13.6. The van der Waals surface area contributed by atoms with E-state index < -0.39 is 23.9 Å². The maximum Gasteiger partial charge on any atom is 0.270 e. The second kappa shape index (κ2) is 8.68. The SMILES string of the molecule is O=C(NCc1cc(F)cc(Cl)c1Cl)c1[nH]nc2ncnc(N[C@@H]3COCC[C@H]3O)c12. The molecule has 0 unspecified atom stereocenters. The van der Waals surface area contributed by atoms with E-state index in [9.17, 15) is 14.3 Å². The van der Waals surface area contributed by atoms with Crippen LogP contribution in [0.2, 0.25) is 10.0 Å². The van der Waals surface area contributed by atoms with E-state index in [1.54, 1.807) is 0 Å². The topological polar surface area (TPSA) is 125 Å². The lowest BCUT2D eigenvalue weighted by Crippen LogP contribution is -2.42. The van der Waals surface area contributed by atoms with Crippen molar-refractivity contribution in [3.05, 3.63) is 45.6 Å². The minimum Gasteiger partial charge on any atom is -0.391 e. The van der Waals surface area contributed by atoms with E-state index in [4.69, 9.17) is 27.9 Å². The van der Waals surface area contributed by atoms with Crippen LogP contribution in [0.3, 0.4) is 0 Å². The highest BCUT2D eigenvalue weighted by Crippen LogP contribution is 2.28. The summed E-state index contributed by atoms with van der Waals surface area (Å²) in [6.45, 7) is 0.719. The van der Waals surface area contributed by atoms with Gasteiger partial charge in [-0.2, -0.15) is 5.10 Å². The molecular weight excluding hydrogens is 438 g/mol. The second-order valence-corrected chi connectivity index (χ2v) is 7.53. The van der Waals surface area contributed by atoms with Crippen LogP contribution in [0.15, 0.2) is 18.5 Å². The molecule has 1 aliphatic heterocycles. The Morgan fingerprint density at radius 1 is 1.37 bits per heavy atom. The Bertz CT molecular complexity index is 1100. The van der Waals surface area contributed by atoms with E-state index in [0.717, 1.165) is 6.07 Å². The van der Waals surface area contributed by atoms with Gasteiger partial charge in [0.1, 0.15) is 23.7 Å². The number of amides is 1. The molecule has 0 saturated carbocycles. The van der Waals surface area contributed by atoms with Crippen LogP contribution in [0, 0.1) is 5.82 Å². The van der Waals surface area contributed by atoms with Crippen molar-refractivity contribution in [2.75, 3.05) is 18.5 Å². The Kier molecular flexibility index (Phi) is 6.00. The number of ether oxygens (including phenoxy) is 1. The Labute approximate surface area is 179 Å². The van der Waals surface area contributed by atoms with Gasteiger partial charge in [-0.05, 0) is 24.1 Å². The molecule has 3 aromatic rings. The van der Waals surface area contributed by atoms with E-state index in [1.807, 2.05) is 0 Å². The zero-order chi connectivity index (χ0) is 21.3. The first kappa shape index (κ1) is 20.7. The first-order chi connectivity index (χ1) is 14.4. The van der Waals surface area contributed by atoms with Gasteiger partial charge in [0.2, 0.25) is 0 Å². The van der Waals surface area contributed by atoms with Crippen molar-refractivity contribution in [1.82, 2.24) is 25.5 Å². The molecular formula is C18H17Cl2FN6O3. The standard InChI is InChI=1S/C18H17Cl2FN6O3/c19-10-4-9(21)3-8(14(10)20)5-22-18(29)15-13-16(23-7-24-17(13)27-26-15)25-11-6-30-2-1-12(11)28/h3-4,7,11-12,28H,1-2,5-6H2,(H,22,29)(H2,23,24,25,26,27)/t11-,12-/m1/s1. The van der Waals surface area contributed by atoms with E-state index >= 15 is 0 Å². The third-order valence-corrected chi connectivity index (χ3v) is 5.57. The highest BCUT2D eigenvalue weighted by atomic mass is 35.5. The second-order valence-electron chi connectivity index (χ2n) is 6.74. The van der Waals surface area contributed by atoms with Gasteiger partial charge in [-0.15, -0.1) is 0 Å². The van der Waals surface area contributed by atoms with Crippen LogP contribution in [0.25, 0.3) is 11.0 Å². The molecule has 158 valence electrons. The maximum absolute atomic E-state index is 13.6. The molecule has 1 aliphatic rings. The summed E-state index contributed by atoms with van der Waals surface area (Å²) < 4.78 is 19.0. The fourth-order valence-corrected chi connectivity index (χ4v) is 3.57. The molecule has 1 fully saturated rings. The van der Waals surface area contributed by atoms with Crippen LogP contribution in [-0.4, -0.2) is 56.5 Å². The number of aliphatic hydroxyl groups is 1. The number of H-pyrrole nitrogens is 1. The number of fused-ring (bicyclic) bond motifs is 1. The van der Waals surface area contributed by atoms with Crippen LogP contribution in [0.4, 0.5) is 10.2 Å². The number of aliphatic hydroxyl groups excluding tert-OH is 1. The fraction of sp³-hybridized carbons (Fsp3) is 0.333. The largest absolute Gasteiger partial charge is 0.391 e. The number of aromatic amines is 1. The van der Waals surface area contributed by atoms with Gasteiger partial charge in [0.15, 0.2) is 5.65 Å². The normalized spacial score (nSPS) is 19.1. The quantitative estimate of drug-likeness (QED) is 0.435. The molecule has 4 rings (SSSR count). The molecule has 1 aromatic carbocycles. The molecule has 0 spiro atoms. The Hall–Kier alpha value is -2.53. The van der Waals surface area contributed by atoms with E-state index in [-0.39, 0.29) is 27.9 Å². The molecule has 0 bridgehead atoms. The molecule has 30 heavy (non-hydrogen) atoms. The van der Waals surface area contributed by atoms with Crippen LogP contribution < -0.4 is 10.6 Å². The van der Waals surface area contributed by atoms with Crippen molar-refractivity contribution < 1.29 is 19.0 Å². The van der Waals surface area contributed by atoms with Crippen molar-refractivity contribution in [1.29, 1.82) is 0 Å². The molecule has 0 radical (unpaired) electrons. The molecule has 12 heteroatoms. The predicted molar refractivity (Wildman–Crippen MR) is 108 cm³/mol. The number of hydrogen-bond acceptors (Lipinski definition) is 7. The summed E-state index contributed by atoms with van der Waals surface area (Å²) >= 11 is 12.0. The first-order valence-corrected chi connectivity index (χ1v) is 9.82. The first-order valence-electron chi connectivity index (χ1n) is 9.07.